The van der Waals surface area contributed by atoms with Crippen LogP contribution >= 0.6 is 0 Å². The quantitative estimate of drug-likeness (QED) is 0.353. The van der Waals surface area contributed by atoms with Crippen LogP contribution in [0, 0.1) is 13.8 Å². The van der Waals surface area contributed by atoms with E-state index in [0.29, 0.717) is 31.0 Å². The SMILES string of the molecule is Cc1noc(C)c1COc1cccc(C(=O)N2CCN(C(c3ccccc3)c3ccccc3)CC2)c1. The van der Waals surface area contributed by atoms with E-state index in [1.54, 1.807) is 0 Å². The summed E-state index contributed by atoms with van der Waals surface area (Å²) in [7, 11) is 0. The number of benzene rings is 3. The Bertz CT molecular complexity index is 1240. The third-order valence-electron chi connectivity index (χ3n) is 6.84. The van der Waals surface area contributed by atoms with E-state index in [1.165, 1.54) is 11.1 Å². The fourth-order valence-electron chi connectivity index (χ4n) is 4.83. The van der Waals surface area contributed by atoms with Crippen molar-refractivity contribution in [2.45, 2.75) is 26.5 Å². The third-order valence-corrected chi connectivity index (χ3v) is 6.84. The Morgan fingerprint density at radius 3 is 2.11 bits per heavy atom. The number of aryl methyl sites for hydroxylation is 2. The van der Waals surface area contributed by atoms with Crippen LogP contribution < -0.4 is 4.74 Å². The molecule has 0 saturated carbocycles. The Hall–Kier alpha value is -3.90. The van der Waals surface area contributed by atoms with E-state index in [9.17, 15) is 4.79 Å². The molecule has 3 aromatic carbocycles. The highest BCUT2D eigenvalue weighted by Gasteiger charge is 2.28. The molecule has 0 N–H and O–H groups in total. The molecule has 1 aliphatic rings. The number of hydrogen-bond donors (Lipinski definition) is 0. The maximum atomic E-state index is 13.3. The predicted octanol–water partition coefficient (Wildman–Crippen LogP) is 5.42. The molecule has 0 radical (unpaired) electrons. The second-order valence-electron chi connectivity index (χ2n) is 9.17. The molecule has 1 fully saturated rings. The molecular formula is C30H31N3O3. The van der Waals surface area contributed by atoms with Crippen molar-refractivity contribution in [3.05, 3.63) is 119 Å². The van der Waals surface area contributed by atoms with E-state index >= 15 is 0 Å². The Kier molecular flexibility index (Phi) is 7.14. The molecule has 6 nitrogen and oxygen atoms in total. The van der Waals surface area contributed by atoms with Gasteiger partial charge in [0.2, 0.25) is 0 Å². The van der Waals surface area contributed by atoms with Crippen molar-refractivity contribution in [3.63, 3.8) is 0 Å². The normalized spacial score (nSPS) is 14.2. The van der Waals surface area contributed by atoms with Crippen molar-refractivity contribution in [1.82, 2.24) is 15.0 Å². The van der Waals surface area contributed by atoms with Crippen LogP contribution in [-0.2, 0) is 6.61 Å². The zero-order valence-corrected chi connectivity index (χ0v) is 20.8. The summed E-state index contributed by atoms with van der Waals surface area (Å²) in [6.07, 6.45) is 0. The fraction of sp³-hybridized carbons (Fsp3) is 0.267. The predicted molar refractivity (Wildman–Crippen MR) is 139 cm³/mol. The van der Waals surface area contributed by atoms with Crippen molar-refractivity contribution >= 4 is 5.91 Å². The van der Waals surface area contributed by atoms with E-state index < -0.39 is 0 Å². The number of rotatable bonds is 7. The number of nitrogens with zero attached hydrogens (tertiary/aromatic N) is 3. The summed E-state index contributed by atoms with van der Waals surface area (Å²) >= 11 is 0. The second kappa shape index (κ2) is 10.8. The molecule has 5 rings (SSSR count). The lowest BCUT2D eigenvalue weighted by Crippen LogP contribution is -2.49. The Morgan fingerprint density at radius 2 is 1.53 bits per heavy atom. The number of carbonyl (C=O) groups excluding carboxylic acids is 1. The standard InChI is InChI=1S/C30H31N3O3/c1-22-28(23(2)36-31-22)21-35-27-15-9-14-26(20-27)30(34)33-18-16-32(17-19-33)29(24-10-5-3-6-11-24)25-12-7-4-8-13-25/h3-15,20,29H,16-19,21H2,1-2H3. The first-order valence-electron chi connectivity index (χ1n) is 12.4. The summed E-state index contributed by atoms with van der Waals surface area (Å²) in [6.45, 7) is 7.11. The Balaban J connectivity index is 1.25. The van der Waals surface area contributed by atoms with Gasteiger partial charge in [-0.05, 0) is 43.2 Å². The van der Waals surface area contributed by atoms with Gasteiger partial charge in [0.25, 0.3) is 5.91 Å². The van der Waals surface area contributed by atoms with Gasteiger partial charge in [0.05, 0.1) is 17.3 Å². The molecule has 1 amide bonds. The first-order valence-corrected chi connectivity index (χ1v) is 12.4. The van der Waals surface area contributed by atoms with E-state index in [2.05, 4.69) is 58.6 Å². The van der Waals surface area contributed by atoms with Crippen LogP contribution in [0.15, 0.2) is 89.5 Å². The Morgan fingerprint density at radius 1 is 0.889 bits per heavy atom. The van der Waals surface area contributed by atoms with Crippen molar-refractivity contribution < 1.29 is 14.1 Å². The van der Waals surface area contributed by atoms with Crippen LogP contribution in [0.25, 0.3) is 0 Å². The summed E-state index contributed by atoms with van der Waals surface area (Å²) in [5, 5.41) is 3.97. The van der Waals surface area contributed by atoms with Gasteiger partial charge in [0, 0.05) is 31.7 Å². The minimum atomic E-state index is 0.0356. The lowest BCUT2D eigenvalue weighted by Gasteiger charge is -2.39. The average Bonchev–Trinajstić information content (AvgIpc) is 3.25. The monoisotopic (exact) mass is 481 g/mol. The van der Waals surface area contributed by atoms with Crippen LogP contribution in [0.3, 0.4) is 0 Å². The van der Waals surface area contributed by atoms with Gasteiger partial charge in [0.15, 0.2) is 0 Å². The minimum Gasteiger partial charge on any atom is -0.489 e. The van der Waals surface area contributed by atoms with Gasteiger partial charge in [-0.2, -0.15) is 0 Å². The molecule has 184 valence electrons. The smallest absolute Gasteiger partial charge is 0.254 e. The summed E-state index contributed by atoms with van der Waals surface area (Å²) in [6, 6.07) is 28.8. The lowest BCUT2D eigenvalue weighted by atomic mass is 9.96. The van der Waals surface area contributed by atoms with Gasteiger partial charge >= 0.3 is 0 Å². The van der Waals surface area contributed by atoms with Gasteiger partial charge in [0.1, 0.15) is 18.1 Å². The molecule has 0 atom stereocenters. The number of piperazine rings is 1. The van der Waals surface area contributed by atoms with Gasteiger partial charge in [-0.1, -0.05) is 71.9 Å². The molecule has 1 aliphatic heterocycles. The number of amides is 1. The van der Waals surface area contributed by atoms with E-state index in [4.69, 9.17) is 9.26 Å². The first-order chi connectivity index (χ1) is 17.6. The molecule has 36 heavy (non-hydrogen) atoms. The number of aromatic nitrogens is 1. The molecule has 0 spiro atoms. The second-order valence-corrected chi connectivity index (χ2v) is 9.17. The maximum absolute atomic E-state index is 13.3. The summed E-state index contributed by atoms with van der Waals surface area (Å²) < 4.78 is 11.2. The first kappa shape index (κ1) is 23.8. The molecule has 1 aromatic heterocycles. The average molecular weight is 482 g/mol. The molecule has 0 unspecified atom stereocenters. The molecule has 0 aliphatic carbocycles. The highest BCUT2D eigenvalue weighted by Crippen LogP contribution is 2.30. The number of hydrogen-bond acceptors (Lipinski definition) is 5. The third kappa shape index (κ3) is 5.19. The highest BCUT2D eigenvalue weighted by atomic mass is 16.5. The number of ether oxygens (including phenoxy) is 1. The van der Waals surface area contributed by atoms with Gasteiger partial charge in [-0.25, -0.2) is 0 Å². The van der Waals surface area contributed by atoms with Gasteiger partial charge in [-0.15, -0.1) is 0 Å². The van der Waals surface area contributed by atoms with Crippen LogP contribution in [0.2, 0.25) is 0 Å². The largest absolute Gasteiger partial charge is 0.489 e. The maximum Gasteiger partial charge on any atom is 0.254 e. The topological polar surface area (TPSA) is 58.8 Å². The van der Waals surface area contributed by atoms with Crippen molar-refractivity contribution in [2.24, 2.45) is 0 Å². The fourth-order valence-corrected chi connectivity index (χ4v) is 4.83. The molecular weight excluding hydrogens is 450 g/mol. The lowest BCUT2D eigenvalue weighted by molar-refractivity contribution is 0.0597. The van der Waals surface area contributed by atoms with Gasteiger partial charge < -0.3 is 14.2 Å². The van der Waals surface area contributed by atoms with Crippen LogP contribution in [-0.4, -0.2) is 47.0 Å². The summed E-state index contributed by atoms with van der Waals surface area (Å²) in [5.41, 5.74) is 4.94. The van der Waals surface area contributed by atoms with Crippen LogP contribution in [0.4, 0.5) is 0 Å². The molecule has 0 bridgehead atoms. The molecule has 1 saturated heterocycles. The van der Waals surface area contributed by atoms with E-state index in [1.807, 2.05) is 55.1 Å². The zero-order valence-electron chi connectivity index (χ0n) is 20.8. The minimum absolute atomic E-state index is 0.0356. The van der Waals surface area contributed by atoms with Gasteiger partial charge in [-0.3, -0.25) is 9.69 Å². The zero-order chi connectivity index (χ0) is 24.9. The van der Waals surface area contributed by atoms with E-state index in [0.717, 1.165) is 30.1 Å². The van der Waals surface area contributed by atoms with Crippen LogP contribution in [0.5, 0.6) is 5.75 Å². The van der Waals surface area contributed by atoms with Crippen molar-refractivity contribution in [1.29, 1.82) is 0 Å². The van der Waals surface area contributed by atoms with Crippen LogP contribution in [0.1, 0.15) is 44.5 Å². The molecule has 4 aromatic rings. The summed E-state index contributed by atoms with van der Waals surface area (Å²) in [4.78, 5) is 17.7. The van der Waals surface area contributed by atoms with Crippen molar-refractivity contribution in [2.75, 3.05) is 26.2 Å². The van der Waals surface area contributed by atoms with Crippen molar-refractivity contribution in [3.8, 4) is 5.75 Å². The number of carbonyl (C=O) groups is 1. The highest BCUT2D eigenvalue weighted by molar-refractivity contribution is 5.94. The van der Waals surface area contributed by atoms with E-state index in [-0.39, 0.29) is 11.9 Å². The molecule has 6 heteroatoms. The summed E-state index contributed by atoms with van der Waals surface area (Å²) in [5.74, 6) is 1.45. The molecule has 2 heterocycles. The Labute approximate surface area is 212 Å².